The second-order valence-corrected chi connectivity index (χ2v) is 6.17. The van der Waals surface area contributed by atoms with Gasteiger partial charge in [-0.05, 0) is 36.8 Å². The largest absolute Gasteiger partial charge is 0.392 e. The molecular weight excluding hydrogens is 274 g/mol. The average molecular weight is 291 g/mol. The number of nitrogens with zero attached hydrogens (tertiary/aromatic N) is 1. The summed E-state index contributed by atoms with van der Waals surface area (Å²) in [4.78, 5) is 0.190. The molecule has 0 heterocycles. The van der Waals surface area contributed by atoms with Gasteiger partial charge in [0, 0.05) is 6.54 Å². The van der Waals surface area contributed by atoms with Gasteiger partial charge in [0.1, 0.15) is 0 Å². The predicted molar refractivity (Wildman–Crippen MR) is 79.0 cm³/mol. The van der Waals surface area contributed by atoms with E-state index in [1.54, 1.807) is 49.4 Å². The standard InChI is InChI=1S/C15H17NO3S/c1-2-16(14-8-4-3-5-9-14)20(18,19)15-10-6-7-13(11-15)12-17/h3-11,17H,2,12H2,1H3. The van der Waals surface area contributed by atoms with Crippen LogP contribution in [-0.2, 0) is 16.6 Å². The Morgan fingerprint density at radius 2 is 1.75 bits per heavy atom. The number of anilines is 1. The van der Waals surface area contributed by atoms with Crippen molar-refractivity contribution in [3.8, 4) is 0 Å². The first-order valence-electron chi connectivity index (χ1n) is 6.37. The van der Waals surface area contributed by atoms with Crippen molar-refractivity contribution in [3.63, 3.8) is 0 Å². The molecule has 0 fully saturated rings. The zero-order chi connectivity index (χ0) is 14.6. The van der Waals surface area contributed by atoms with Gasteiger partial charge in [0.25, 0.3) is 10.0 Å². The Morgan fingerprint density at radius 1 is 1.05 bits per heavy atom. The molecule has 20 heavy (non-hydrogen) atoms. The zero-order valence-electron chi connectivity index (χ0n) is 11.2. The van der Waals surface area contributed by atoms with Crippen molar-refractivity contribution in [2.45, 2.75) is 18.4 Å². The molecule has 4 nitrogen and oxygen atoms in total. The molecule has 0 aliphatic heterocycles. The Kier molecular flexibility index (Phi) is 4.42. The van der Waals surface area contributed by atoms with Gasteiger partial charge in [-0.15, -0.1) is 0 Å². The van der Waals surface area contributed by atoms with E-state index in [2.05, 4.69) is 0 Å². The molecule has 0 aliphatic carbocycles. The molecule has 0 saturated carbocycles. The lowest BCUT2D eigenvalue weighted by atomic mass is 10.2. The summed E-state index contributed by atoms with van der Waals surface area (Å²) in [7, 11) is -3.61. The highest BCUT2D eigenvalue weighted by molar-refractivity contribution is 7.92. The molecule has 106 valence electrons. The van der Waals surface area contributed by atoms with Gasteiger partial charge in [-0.25, -0.2) is 8.42 Å². The molecule has 0 unspecified atom stereocenters. The summed E-state index contributed by atoms with van der Waals surface area (Å²) in [6.07, 6.45) is 0. The topological polar surface area (TPSA) is 57.6 Å². The lowest BCUT2D eigenvalue weighted by Crippen LogP contribution is -2.30. The van der Waals surface area contributed by atoms with Crippen LogP contribution >= 0.6 is 0 Å². The van der Waals surface area contributed by atoms with Crippen LogP contribution in [0.4, 0.5) is 5.69 Å². The minimum Gasteiger partial charge on any atom is -0.392 e. The number of hydrogen-bond donors (Lipinski definition) is 1. The summed E-state index contributed by atoms with van der Waals surface area (Å²) in [6.45, 7) is 1.96. The fraction of sp³-hybridized carbons (Fsp3) is 0.200. The summed E-state index contributed by atoms with van der Waals surface area (Å²) < 4.78 is 26.7. The molecule has 0 aliphatic rings. The summed E-state index contributed by atoms with van der Waals surface area (Å²) in [6, 6.07) is 15.3. The molecule has 2 aromatic rings. The van der Waals surface area contributed by atoms with Gasteiger partial charge >= 0.3 is 0 Å². The molecule has 0 amide bonds. The Bertz CT molecular complexity index is 669. The fourth-order valence-electron chi connectivity index (χ4n) is 2.02. The number of para-hydroxylation sites is 1. The van der Waals surface area contributed by atoms with E-state index < -0.39 is 10.0 Å². The van der Waals surface area contributed by atoms with E-state index in [1.165, 1.54) is 10.4 Å². The van der Waals surface area contributed by atoms with Gasteiger partial charge in [-0.1, -0.05) is 30.3 Å². The Hall–Kier alpha value is -1.85. The van der Waals surface area contributed by atoms with E-state index in [0.29, 0.717) is 17.8 Å². The van der Waals surface area contributed by atoms with E-state index in [9.17, 15) is 8.42 Å². The third kappa shape index (κ3) is 2.84. The number of hydrogen-bond acceptors (Lipinski definition) is 3. The lowest BCUT2D eigenvalue weighted by Gasteiger charge is -2.23. The van der Waals surface area contributed by atoms with E-state index >= 15 is 0 Å². The third-order valence-corrected chi connectivity index (χ3v) is 4.90. The molecule has 0 spiro atoms. The minimum atomic E-state index is -3.61. The van der Waals surface area contributed by atoms with Gasteiger partial charge in [0.05, 0.1) is 17.2 Å². The first kappa shape index (κ1) is 14.6. The first-order chi connectivity index (χ1) is 9.59. The molecule has 2 aromatic carbocycles. The highest BCUT2D eigenvalue weighted by Gasteiger charge is 2.23. The average Bonchev–Trinajstić information content (AvgIpc) is 2.49. The fourth-order valence-corrected chi connectivity index (χ4v) is 3.56. The number of sulfonamides is 1. The van der Waals surface area contributed by atoms with Crippen molar-refractivity contribution in [2.75, 3.05) is 10.8 Å². The lowest BCUT2D eigenvalue weighted by molar-refractivity contribution is 0.281. The van der Waals surface area contributed by atoms with Crippen LogP contribution in [0, 0.1) is 0 Å². The number of aliphatic hydroxyl groups excluding tert-OH is 1. The van der Waals surface area contributed by atoms with Gasteiger partial charge in [0.2, 0.25) is 0 Å². The third-order valence-electron chi connectivity index (χ3n) is 3.00. The van der Waals surface area contributed by atoms with Gasteiger partial charge < -0.3 is 5.11 Å². The van der Waals surface area contributed by atoms with E-state index in [4.69, 9.17) is 5.11 Å². The molecule has 0 aromatic heterocycles. The number of benzene rings is 2. The van der Waals surface area contributed by atoms with Crippen molar-refractivity contribution >= 4 is 15.7 Å². The minimum absolute atomic E-state index is 0.180. The monoisotopic (exact) mass is 291 g/mol. The van der Waals surface area contributed by atoms with Crippen LogP contribution in [0.15, 0.2) is 59.5 Å². The maximum absolute atomic E-state index is 12.7. The highest BCUT2D eigenvalue weighted by atomic mass is 32.2. The molecule has 0 saturated heterocycles. The summed E-state index contributed by atoms with van der Waals surface area (Å²) in [5.41, 5.74) is 1.21. The quantitative estimate of drug-likeness (QED) is 0.920. The second kappa shape index (κ2) is 6.07. The van der Waals surface area contributed by atoms with Gasteiger partial charge in [-0.2, -0.15) is 0 Å². The Balaban J connectivity index is 2.47. The summed E-state index contributed by atoms with van der Waals surface area (Å²) >= 11 is 0. The van der Waals surface area contributed by atoms with Crippen LogP contribution in [0.5, 0.6) is 0 Å². The normalized spacial score (nSPS) is 11.3. The second-order valence-electron chi connectivity index (χ2n) is 4.31. The van der Waals surface area contributed by atoms with Crippen LogP contribution < -0.4 is 4.31 Å². The molecule has 2 rings (SSSR count). The SMILES string of the molecule is CCN(c1ccccc1)S(=O)(=O)c1cccc(CO)c1. The highest BCUT2D eigenvalue weighted by Crippen LogP contribution is 2.23. The Morgan fingerprint density at radius 3 is 2.35 bits per heavy atom. The van der Waals surface area contributed by atoms with E-state index in [1.807, 2.05) is 6.07 Å². The van der Waals surface area contributed by atoms with Crippen LogP contribution in [0.2, 0.25) is 0 Å². The zero-order valence-corrected chi connectivity index (χ0v) is 12.0. The summed E-state index contributed by atoms with van der Waals surface area (Å²) in [5.74, 6) is 0. The van der Waals surface area contributed by atoms with Crippen LogP contribution in [0.3, 0.4) is 0 Å². The van der Waals surface area contributed by atoms with Crippen LogP contribution in [-0.4, -0.2) is 20.1 Å². The van der Waals surface area contributed by atoms with Crippen molar-refractivity contribution in [2.24, 2.45) is 0 Å². The summed E-state index contributed by atoms with van der Waals surface area (Å²) in [5, 5.41) is 9.13. The van der Waals surface area contributed by atoms with Gasteiger partial charge in [-0.3, -0.25) is 4.31 Å². The molecular formula is C15H17NO3S. The first-order valence-corrected chi connectivity index (χ1v) is 7.81. The maximum Gasteiger partial charge on any atom is 0.264 e. The van der Waals surface area contributed by atoms with E-state index in [0.717, 1.165) is 0 Å². The van der Waals surface area contributed by atoms with Crippen molar-refractivity contribution in [1.82, 2.24) is 0 Å². The van der Waals surface area contributed by atoms with Gasteiger partial charge in [0.15, 0.2) is 0 Å². The maximum atomic E-state index is 12.7. The van der Waals surface area contributed by atoms with Crippen LogP contribution in [0.25, 0.3) is 0 Å². The van der Waals surface area contributed by atoms with Crippen molar-refractivity contribution in [3.05, 3.63) is 60.2 Å². The molecule has 5 heteroatoms. The smallest absolute Gasteiger partial charge is 0.264 e. The molecule has 0 bridgehead atoms. The molecule has 0 atom stereocenters. The predicted octanol–water partition coefficient (Wildman–Crippen LogP) is 2.39. The number of rotatable bonds is 5. The van der Waals surface area contributed by atoms with Crippen molar-refractivity contribution < 1.29 is 13.5 Å². The Labute approximate surface area is 119 Å². The number of aliphatic hydroxyl groups is 1. The van der Waals surface area contributed by atoms with Crippen LogP contribution in [0.1, 0.15) is 12.5 Å². The van der Waals surface area contributed by atoms with Crippen molar-refractivity contribution in [1.29, 1.82) is 0 Å². The van der Waals surface area contributed by atoms with E-state index in [-0.39, 0.29) is 11.5 Å². The molecule has 0 radical (unpaired) electrons. The molecule has 1 N–H and O–H groups in total.